The summed E-state index contributed by atoms with van der Waals surface area (Å²) in [5.41, 5.74) is 0.883. The van der Waals surface area contributed by atoms with Crippen molar-refractivity contribution in [3.63, 3.8) is 0 Å². The molecule has 1 amide bonds. The Hall–Kier alpha value is -3.08. The highest BCUT2D eigenvalue weighted by molar-refractivity contribution is 5.89. The second-order valence-corrected chi connectivity index (χ2v) is 5.33. The van der Waals surface area contributed by atoms with Crippen molar-refractivity contribution in [2.45, 2.75) is 13.0 Å². The Morgan fingerprint density at radius 2 is 1.83 bits per heavy atom. The number of nitrogens with one attached hydrogen (secondary N) is 1. The van der Waals surface area contributed by atoms with Crippen LogP contribution in [0.3, 0.4) is 0 Å². The van der Waals surface area contributed by atoms with Gasteiger partial charge in [-0.15, -0.1) is 0 Å². The van der Waals surface area contributed by atoms with E-state index in [0.717, 1.165) is 16.3 Å². The molecule has 0 aliphatic rings. The number of ether oxygens (including phenoxy) is 1. The van der Waals surface area contributed by atoms with Gasteiger partial charge < -0.3 is 14.5 Å². The molecule has 0 saturated heterocycles. The first-order valence-corrected chi connectivity index (χ1v) is 7.64. The second-order valence-electron chi connectivity index (χ2n) is 5.33. The Morgan fingerprint density at radius 1 is 1.00 bits per heavy atom. The predicted molar refractivity (Wildman–Crippen MR) is 89.2 cm³/mol. The molecule has 0 aliphatic heterocycles. The largest absolute Gasteiger partial charge is 0.467 e. The molecule has 0 atom stereocenters. The van der Waals surface area contributed by atoms with E-state index in [9.17, 15) is 9.59 Å². The van der Waals surface area contributed by atoms with Crippen LogP contribution in [0.5, 0.6) is 0 Å². The molecule has 2 aromatic carbocycles. The van der Waals surface area contributed by atoms with Gasteiger partial charge in [0.1, 0.15) is 5.76 Å². The summed E-state index contributed by atoms with van der Waals surface area (Å²) in [6.45, 7) is -0.0307. The molecule has 1 N–H and O–H groups in total. The molecule has 0 aliphatic carbocycles. The fraction of sp³-hybridized carbons (Fsp3) is 0.158. The number of carbonyl (C=O) groups excluding carboxylic acids is 2. The number of carbonyl (C=O) groups is 2. The summed E-state index contributed by atoms with van der Waals surface area (Å²) >= 11 is 0. The molecule has 3 rings (SSSR count). The van der Waals surface area contributed by atoms with Gasteiger partial charge in [0, 0.05) is 0 Å². The van der Waals surface area contributed by atoms with E-state index < -0.39 is 5.97 Å². The zero-order valence-corrected chi connectivity index (χ0v) is 13.0. The van der Waals surface area contributed by atoms with Crippen LogP contribution in [0.15, 0.2) is 65.3 Å². The number of hydrogen-bond acceptors (Lipinski definition) is 4. The van der Waals surface area contributed by atoms with E-state index >= 15 is 0 Å². The van der Waals surface area contributed by atoms with Crippen LogP contribution in [0.25, 0.3) is 10.8 Å². The molecule has 0 radical (unpaired) electrons. The number of hydrogen-bond donors (Lipinski definition) is 1. The van der Waals surface area contributed by atoms with E-state index in [-0.39, 0.29) is 25.5 Å². The van der Waals surface area contributed by atoms with Crippen LogP contribution in [-0.4, -0.2) is 18.5 Å². The first-order valence-electron chi connectivity index (χ1n) is 7.64. The summed E-state index contributed by atoms with van der Waals surface area (Å²) in [6.07, 6.45) is 1.67. The van der Waals surface area contributed by atoms with Gasteiger partial charge in [-0.05, 0) is 28.5 Å². The van der Waals surface area contributed by atoms with Crippen molar-refractivity contribution in [2.24, 2.45) is 0 Å². The Kier molecular flexibility index (Phi) is 4.91. The first kappa shape index (κ1) is 15.8. The van der Waals surface area contributed by atoms with Gasteiger partial charge >= 0.3 is 5.97 Å². The predicted octanol–water partition coefficient (Wildman–Crippen LogP) is 2.83. The maximum absolute atomic E-state index is 12.0. The van der Waals surface area contributed by atoms with Gasteiger partial charge in [0.15, 0.2) is 6.61 Å². The number of esters is 1. The van der Waals surface area contributed by atoms with Crippen molar-refractivity contribution in [3.05, 3.63) is 72.2 Å². The second kappa shape index (κ2) is 7.46. The molecule has 24 heavy (non-hydrogen) atoms. The SMILES string of the molecule is O=C(COC(=O)Cc1cccc2ccccc12)NCc1ccco1. The minimum atomic E-state index is -0.431. The van der Waals surface area contributed by atoms with Gasteiger partial charge in [-0.25, -0.2) is 0 Å². The highest BCUT2D eigenvalue weighted by atomic mass is 16.5. The van der Waals surface area contributed by atoms with Gasteiger partial charge in [0.05, 0.1) is 19.2 Å². The summed E-state index contributed by atoms with van der Waals surface area (Å²) < 4.78 is 10.2. The molecule has 122 valence electrons. The Morgan fingerprint density at radius 3 is 2.67 bits per heavy atom. The van der Waals surface area contributed by atoms with Gasteiger partial charge in [0.25, 0.3) is 5.91 Å². The summed E-state index contributed by atoms with van der Waals surface area (Å²) in [6, 6.07) is 17.1. The molecule has 1 aromatic heterocycles. The topological polar surface area (TPSA) is 68.5 Å². The summed E-state index contributed by atoms with van der Waals surface area (Å²) in [5, 5.41) is 4.71. The fourth-order valence-corrected chi connectivity index (χ4v) is 2.45. The summed E-state index contributed by atoms with van der Waals surface area (Å²) in [4.78, 5) is 23.7. The van der Waals surface area contributed by atoms with Crippen LogP contribution < -0.4 is 5.32 Å². The summed E-state index contributed by atoms with van der Waals surface area (Å²) in [7, 11) is 0. The number of fused-ring (bicyclic) bond motifs is 1. The zero-order valence-electron chi connectivity index (χ0n) is 13.0. The molecule has 0 bridgehead atoms. The number of rotatable bonds is 6. The smallest absolute Gasteiger partial charge is 0.310 e. The van der Waals surface area contributed by atoms with Crippen molar-refractivity contribution in [1.29, 1.82) is 0 Å². The lowest BCUT2D eigenvalue weighted by molar-refractivity contribution is -0.147. The number of benzene rings is 2. The van der Waals surface area contributed by atoms with E-state index in [4.69, 9.17) is 9.15 Å². The molecule has 5 nitrogen and oxygen atoms in total. The molecular weight excluding hydrogens is 306 g/mol. The normalized spacial score (nSPS) is 10.5. The highest BCUT2D eigenvalue weighted by Crippen LogP contribution is 2.19. The Bertz CT molecular complexity index is 834. The maximum atomic E-state index is 12.0. The minimum absolute atomic E-state index is 0.132. The Labute approximate surface area is 139 Å². The van der Waals surface area contributed by atoms with Gasteiger partial charge in [-0.1, -0.05) is 42.5 Å². The lowest BCUT2D eigenvalue weighted by atomic mass is 10.0. The maximum Gasteiger partial charge on any atom is 0.310 e. The van der Waals surface area contributed by atoms with Crippen molar-refractivity contribution in [1.82, 2.24) is 5.32 Å². The van der Waals surface area contributed by atoms with Crippen molar-refractivity contribution in [2.75, 3.05) is 6.61 Å². The standard InChI is InChI=1S/C19H17NO4/c21-18(20-12-16-8-4-10-23-16)13-24-19(22)11-15-7-3-6-14-5-1-2-9-17(14)15/h1-10H,11-13H2,(H,20,21). The average Bonchev–Trinajstić information content (AvgIpc) is 3.12. The first-order chi connectivity index (χ1) is 11.7. The molecule has 5 heteroatoms. The minimum Gasteiger partial charge on any atom is -0.467 e. The molecule has 0 fully saturated rings. The third-order valence-electron chi connectivity index (χ3n) is 3.62. The molecule has 0 saturated carbocycles. The van der Waals surface area contributed by atoms with E-state index in [1.165, 1.54) is 6.26 Å². The Balaban J connectivity index is 1.51. The fourth-order valence-electron chi connectivity index (χ4n) is 2.45. The van der Waals surface area contributed by atoms with E-state index in [1.54, 1.807) is 12.1 Å². The van der Waals surface area contributed by atoms with Crippen molar-refractivity contribution >= 4 is 22.6 Å². The van der Waals surface area contributed by atoms with Crippen LogP contribution in [0.4, 0.5) is 0 Å². The van der Waals surface area contributed by atoms with Gasteiger partial charge in [-0.3, -0.25) is 9.59 Å². The highest BCUT2D eigenvalue weighted by Gasteiger charge is 2.10. The lowest BCUT2D eigenvalue weighted by Crippen LogP contribution is -2.28. The van der Waals surface area contributed by atoms with Crippen molar-refractivity contribution < 1.29 is 18.7 Å². The zero-order chi connectivity index (χ0) is 16.8. The quantitative estimate of drug-likeness (QED) is 0.708. The molecule has 0 unspecified atom stereocenters. The average molecular weight is 323 g/mol. The molecule has 1 heterocycles. The van der Waals surface area contributed by atoms with Crippen LogP contribution in [0.2, 0.25) is 0 Å². The number of amides is 1. The van der Waals surface area contributed by atoms with E-state index in [0.29, 0.717) is 5.76 Å². The van der Waals surface area contributed by atoms with Crippen LogP contribution in [-0.2, 0) is 27.3 Å². The van der Waals surface area contributed by atoms with Crippen LogP contribution >= 0.6 is 0 Å². The van der Waals surface area contributed by atoms with Crippen LogP contribution in [0, 0.1) is 0 Å². The monoisotopic (exact) mass is 323 g/mol. The number of furan rings is 1. The third kappa shape index (κ3) is 4.01. The molecule has 0 spiro atoms. The van der Waals surface area contributed by atoms with Gasteiger partial charge in [-0.2, -0.15) is 0 Å². The third-order valence-corrected chi connectivity index (χ3v) is 3.62. The molecular formula is C19H17NO4. The van der Waals surface area contributed by atoms with E-state index in [1.807, 2.05) is 42.5 Å². The van der Waals surface area contributed by atoms with Gasteiger partial charge in [0.2, 0.25) is 0 Å². The lowest BCUT2D eigenvalue weighted by Gasteiger charge is -2.08. The summed E-state index contributed by atoms with van der Waals surface area (Å²) in [5.74, 6) is -0.150. The molecule has 3 aromatic rings. The van der Waals surface area contributed by atoms with E-state index in [2.05, 4.69) is 5.32 Å². The van der Waals surface area contributed by atoms with Crippen molar-refractivity contribution in [3.8, 4) is 0 Å². The van der Waals surface area contributed by atoms with Crippen LogP contribution in [0.1, 0.15) is 11.3 Å².